The molecule has 0 bridgehead atoms. The highest BCUT2D eigenvalue weighted by Crippen LogP contribution is 2.25. The van der Waals surface area contributed by atoms with Crippen molar-refractivity contribution in [1.29, 1.82) is 0 Å². The average molecular weight is 442 g/mol. The molecule has 1 aliphatic rings. The van der Waals surface area contributed by atoms with E-state index in [2.05, 4.69) is 45.6 Å². The van der Waals surface area contributed by atoms with Crippen molar-refractivity contribution in [2.75, 3.05) is 7.11 Å². The van der Waals surface area contributed by atoms with Crippen LogP contribution in [0.4, 0.5) is 5.69 Å². The van der Waals surface area contributed by atoms with Crippen molar-refractivity contribution < 1.29 is 4.74 Å². The van der Waals surface area contributed by atoms with Crippen molar-refractivity contribution in [3.63, 3.8) is 0 Å². The van der Waals surface area contributed by atoms with E-state index in [1.54, 1.807) is 18.4 Å². The number of ether oxygens (including phenoxy) is 1. The number of methoxy groups -OCH3 is 1. The predicted molar refractivity (Wildman–Crippen MR) is 115 cm³/mol. The third-order valence-electron chi connectivity index (χ3n) is 4.53. The molecule has 0 N–H and O–H groups in total. The molecular formula is C21H20BrN3OS. The number of nitrogens with zero attached hydrogens (tertiary/aromatic N) is 3. The zero-order valence-electron chi connectivity index (χ0n) is 15.1. The number of rotatable bonds is 4. The number of aromatic nitrogens is 1. The summed E-state index contributed by atoms with van der Waals surface area (Å²) in [5.41, 5.74) is 4.30. The van der Waals surface area contributed by atoms with Crippen LogP contribution in [-0.4, -0.2) is 17.5 Å². The van der Waals surface area contributed by atoms with Crippen LogP contribution in [0.15, 0.2) is 68.5 Å². The van der Waals surface area contributed by atoms with Crippen LogP contribution in [0.5, 0.6) is 5.75 Å². The van der Waals surface area contributed by atoms with Crippen LogP contribution in [-0.2, 0) is 0 Å². The third kappa shape index (κ3) is 4.22. The minimum Gasteiger partial charge on any atom is -0.497 e. The monoisotopic (exact) mass is 441 g/mol. The summed E-state index contributed by atoms with van der Waals surface area (Å²) in [4.78, 5) is 5.70. The summed E-state index contributed by atoms with van der Waals surface area (Å²) in [6.45, 7) is 0. The molecule has 0 atom stereocenters. The van der Waals surface area contributed by atoms with Gasteiger partial charge in [0.25, 0.3) is 0 Å². The van der Waals surface area contributed by atoms with Gasteiger partial charge in [0, 0.05) is 27.2 Å². The van der Waals surface area contributed by atoms with Crippen LogP contribution < -0.4 is 9.54 Å². The zero-order chi connectivity index (χ0) is 18.6. The van der Waals surface area contributed by atoms with Gasteiger partial charge in [0.1, 0.15) is 5.75 Å². The van der Waals surface area contributed by atoms with Gasteiger partial charge in [-0.25, -0.2) is 9.67 Å². The molecule has 1 aromatic heterocycles. The van der Waals surface area contributed by atoms with Crippen molar-refractivity contribution in [1.82, 2.24) is 4.68 Å². The standard InChI is InChI=1S/C21H20BrN3OS/c1-26-19-8-4-7-18(13-19)23-21-25(24-17-5-2-3-6-17)20(14-27-21)15-9-11-16(22)12-10-15/h4,7-14H,2-3,5-6H2,1H3. The summed E-state index contributed by atoms with van der Waals surface area (Å²) in [5.74, 6) is 0.801. The van der Waals surface area contributed by atoms with E-state index in [1.165, 1.54) is 18.6 Å². The maximum Gasteiger partial charge on any atom is 0.211 e. The molecule has 0 unspecified atom stereocenters. The Morgan fingerprint density at radius 2 is 1.85 bits per heavy atom. The molecule has 4 nitrogen and oxygen atoms in total. The second-order valence-electron chi connectivity index (χ2n) is 6.41. The van der Waals surface area contributed by atoms with Crippen molar-refractivity contribution >= 4 is 38.7 Å². The van der Waals surface area contributed by atoms with Crippen LogP contribution in [0, 0.1) is 0 Å². The van der Waals surface area contributed by atoms with E-state index in [0.717, 1.165) is 44.8 Å². The Bertz CT molecular complexity index is 1030. The second-order valence-corrected chi connectivity index (χ2v) is 8.16. The Labute approximate surface area is 171 Å². The van der Waals surface area contributed by atoms with Crippen LogP contribution >= 0.6 is 27.3 Å². The maximum atomic E-state index is 5.32. The summed E-state index contributed by atoms with van der Waals surface area (Å²) in [6, 6.07) is 16.1. The quantitative estimate of drug-likeness (QED) is 0.489. The van der Waals surface area contributed by atoms with Crippen molar-refractivity contribution in [3.05, 3.63) is 63.2 Å². The minimum atomic E-state index is 0.801. The summed E-state index contributed by atoms with van der Waals surface area (Å²) in [7, 11) is 1.67. The van der Waals surface area contributed by atoms with E-state index in [4.69, 9.17) is 14.8 Å². The molecule has 3 aromatic rings. The van der Waals surface area contributed by atoms with Crippen LogP contribution in [0.25, 0.3) is 11.3 Å². The lowest BCUT2D eigenvalue weighted by Crippen LogP contribution is -2.13. The Hall–Kier alpha value is -2.18. The molecule has 4 rings (SSSR count). The van der Waals surface area contributed by atoms with Gasteiger partial charge in [-0.2, -0.15) is 5.10 Å². The number of thiazole rings is 1. The Morgan fingerprint density at radius 1 is 1.07 bits per heavy atom. The first-order valence-electron chi connectivity index (χ1n) is 8.95. The van der Waals surface area contributed by atoms with Gasteiger partial charge in [0.15, 0.2) is 0 Å². The summed E-state index contributed by atoms with van der Waals surface area (Å²) in [5, 5.41) is 7.09. The minimum absolute atomic E-state index is 0.801. The molecule has 0 radical (unpaired) electrons. The lowest BCUT2D eigenvalue weighted by molar-refractivity contribution is 0.415. The third-order valence-corrected chi connectivity index (χ3v) is 5.87. The molecule has 27 heavy (non-hydrogen) atoms. The molecule has 2 aromatic carbocycles. The molecular weight excluding hydrogens is 422 g/mol. The first-order valence-corrected chi connectivity index (χ1v) is 10.6. The van der Waals surface area contributed by atoms with E-state index in [1.807, 2.05) is 28.9 Å². The van der Waals surface area contributed by atoms with Gasteiger partial charge in [-0.05, 0) is 49.9 Å². The van der Waals surface area contributed by atoms with Crippen molar-refractivity contribution in [2.45, 2.75) is 25.7 Å². The van der Waals surface area contributed by atoms with Crippen molar-refractivity contribution in [3.8, 4) is 17.0 Å². The molecule has 0 saturated heterocycles. The predicted octanol–water partition coefficient (Wildman–Crippen LogP) is 6.00. The van der Waals surface area contributed by atoms with Gasteiger partial charge in [-0.15, -0.1) is 11.3 Å². The molecule has 6 heteroatoms. The van der Waals surface area contributed by atoms with E-state index in [9.17, 15) is 0 Å². The number of hydrogen-bond acceptors (Lipinski definition) is 4. The molecule has 138 valence electrons. The van der Waals surface area contributed by atoms with Crippen LogP contribution in [0.1, 0.15) is 25.7 Å². The fraction of sp³-hybridized carbons (Fsp3) is 0.238. The lowest BCUT2D eigenvalue weighted by atomic mass is 10.2. The summed E-state index contributed by atoms with van der Waals surface area (Å²) >= 11 is 5.11. The fourth-order valence-corrected chi connectivity index (χ4v) is 4.22. The van der Waals surface area contributed by atoms with Gasteiger partial charge in [0.2, 0.25) is 4.80 Å². The zero-order valence-corrected chi connectivity index (χ0v) is 17.5. The molecule has 1 heterocycles. The topological polar surface area (TPSA) is 38.9 Å². The Balaban J connectivity index is 1.85. The smallest absolute Gasteiger partial charge is 0.211 e. The second kappa shape index (κ2) is 8.23. The van der Waals surface area contributed by atoms with Gasteiger partial charge >= 0.3 is 0 Å². The fourth-order valence-electron chi connectivity index (χ4n) is 3.11. The van der Waals surface area contributed by atoms with Gasteiger partial charge in [0.05, 0.1) is 18.5 Å². The number of benzene rings is 2. The molecule has 0 amide bonds. The summed E-state index contributed by atoms with van der Waals surface area (Å²) in [6.07, 6.45) is 4.58. The summed E-state index contributed by atoms with van der Waals surface area (Å²) < 4.78 is 8.38. The van der Waals surface area contributed by atoms with Crippen molar-refractivity contribution in [2.24, 2.45) is 10.1 Å². The number of halogens is 1. The molecule has 0 spiro atoms. The molecule has 0 aliphatic heterocycles. The van der Waals surface area contributed by atoms with Crippen LogP contribution in [0.3, 0.4) is 0 Å². The first-order chi connectivity index (χ1) is 13.2. The van der Waals surface area contributed by atoms with Gasteiger partial charge < -0.3 is 4.74 Å². The largest absolute Gasteiger partial charge is 0.497 e. The van der Waals surface area contributed by atoms with E-state index in [-0.39, 0.29) is 0 Å². The average Bonchev–Trinajstić information content (AvgIpc) is 3.34. The van der Waals surface area contributed by atoms with Crippen LogP contribution in [0.2, 0.25) is 0 Å². The van der Waals surface area contributed by atoms with E-state index < -0.39 is 0 Å². The Morgan fingerprint density at radius 3 is 2.59 bits per heavy atom. The first kappa shape index (κ1) is 18.2. The van der Waals surface area contributed by atoms with E-state index >= 15 is 0 Å². The Kier molecular flexibility index (Phi) is 5.55. The molecule has 1 fully saturated rings. The SMILES string of the molecule is COc1cccc(N=c2scc(-c3ccc(Br)cc3)n2N=C2CCCC2)c1. The molecule has 1 aliphatic carbocycles. The number of hydrogen-bond donors (Lipinski definition) is 0. The molecule has 1 saturated carbocycles. The maximum absolute atomic E-state index is 5.32. The van der Waals surface area contributed by atoms with Gasteiger partial charge in [-0.1, -0.05) is 34.1 Å². The van der Waals surface area contributed by atoms with Gasteiger partial charge in [-0.3, -0.25) is 0 Å². The highest BCUT2D eigenvalue weighted by molar-refractivity contribution is 9.10. The normalized spacial score (nSPS) is 14.6. The van der Waals surface area contributed by atoms with E-state index in [0.29, 0.717) is 0 Å². The highest BCUT2D eigenvalue weighted by atomic mass is 79.9. The lowest BCUT2D eigenvalue weighted by Gasteiger charge is -2.06. The highest BCUT2D eigenvalue weighted by Gasteiger charge is 2.12.